The first kappa shape index (κ1) is 11.2. The van der Waals surface area contributed by atoms with E-state index in [0.717, 1.165) is 24.2 Å². The molecule has 1 saturated heterocycles. The smallest absolute Gasteiger partial charge is 0.236 e. The van der Waals surface area contributed by atoms with Crippen molar-refractivity contribution in [3.05, 3.63) is 42.2 Å². The maximum Gasteiger partial charge on any atom is 0.236 e. The summed E-state index contributed by atoms with van der Waals surface area (Å²) < 4.78 is 0. The molecule has 1 amide bonds. The van der Waals surface area contributed by atoms with E-state index in [1.807, 2.05) is 29.3 Å². The van der Waals surface area contributed by atoms with Gasteiger partial charge in [0.1, 0.15) is 0 Å². The van der Waals surface area contributed by atoms with Crippen LogP contribution < -0.4 is 5.32 Å². The number of carbonyl (C=O) groups excluding carboxylic acids is 1. The summed E-state index contributed by atoms with van der Waals surface area (Å²) in [5.41, 5.74) is 0.948. The molecule has 1 aromatic carbocycles. The average molecular weight is 241 g/mol. The van der Waals surface area contributed by atoms with Crippen molar-refractivity contribution in [2.24, 2.45) is 0 Å². The van der Waals surface area contributed by atoms with Gasteiger partial charge in [-0.15, -0.1) is 0 Å². The number of fused-ring (bicyclic) bond motifs is 1. The molecule has 4 nitrogen and oxygen atoms in total. The highest BCUT2D eigenvalue weighted by molar-refractivity contribution is 5.82. The van der Waals surface area contributed by atoms with Crippen molar-refractivity contribution in [1.82, 2.24) is 15.2 Å². The fourth-order valence-electron chi connectivity index (χ4n) is 2.22. The Morgan fingerprint density at radius 1 is 1.28 bits per heavy atom. The first-order valence-corrected chi connectivity index (χ1v) is 6.15. The third-order valence-electron chi connectivity index (χ3n) is 3.23. The van der Waals surface area contributed by atoms with Gasteiger partial charge < -0.3 is 10.2 Å². The summed E-state index contributed by atoms with van der Waals surface area (Å²) in [4.78, 5) is 18.0. The molecule has 3 rings (SSSR count). The van der Waals surface area contributed by atoms with E-state index >= 15 is 0 Å². The van der Waals surface area contributed by atoms with E-state index in [9.17, 15) is 4.79 Å². The Hall–Kier alpha value is -1.94. The first-order valence-electron chi connectivity index (χ1n) is 6.15. The third-order valence-corrected chi connectivity index (χ3v) is 3.23. The molecule has 92 valence electrons. The van der Waals surface area contributed by atoms with Crippen LogP contribution >= 0.6 is 0 Å². The van der Waals surface area contributed by atoms with Crippen LogP contribution in [0.3, 0.4) is 0 Å². The van der Waals surface area contributed by atoms with Gasteiger partial charge in [-0.1, -0.05) is 24.3 Å². The number of benzene rings is 1. The quantitative estimate of drug-likeness (QED) is 0.858. The molecule has 1 aromatic heterocycles. The zero-order valence-electron chi connectivity index (χ0n) is 10.1. The summed E-state index contributed by atoms with van der Waals surface area (Å²) in [5, 5.41) is 5.37. The highest BCUT2D eigenvalue weighted by Crippen LogP contribution is 2.14. The van der Waals surface area contributed by atoms with Gasteiger partial charge in [0.25, 0.3) is 0 Å². The second-order valence-electron chi connectivity index (χ2n) is 4.51. The van der Waals surface area contributed by atoms with Gasteiger partial charge in [0.05, 0.1) is 18.8 Å². The van der Waals surface area contributed by atoms with E-state index in [4.69, 9.17) is 0 Å². The second kappa shape index (κ2) is 4.74. The van der Waals surface area contributed by atoms with Crippen molar-refractivity contribution in [2.45, 2.75) is 6.54 Å². The lowest BCUT2D eigenvalue weighted by Crippen LogP contribution is -2.47. The van der Waals surface area contributed by atoms with Gasteiger partial charge in [-0.25, -0.2) is 0 Å². The number of carbonyl (C=O) groups is 1. The van der Waals surface area contributed by atoms with Gasteiger partial charge in [0.2, 0.25) is 5.91 Å². The van der Waals surface area contributed by atoms with Crippen molar-refractivity contribution in [3.63, 3.8) is 0 Å². The van der Waals surface area contributed by atoms with Crippen molar-refractivity contribution in [2.75, 3.05) is 19.6 Å². The molecular formula is C14H15N3O. The van der Waals surface area contributed by atoms with Crippen LogP contribution in [0.2, 0.25) is 0 Å². The van der Waals surface area contributed by atoms with Crippen molar-refractivity contribution >= 4 is 16.7 Å². The molecule has 18 heavy (non-hydrogen) atoms. The Kier molecular flexibility index (Phi) is 2.94. The summed E-state index contributed by atoms with van der Waals surface area (Å²) in [7, 11) is 0. The maximum absolute atomic E-state index is 11.7. The molecule has 0 radical (unpaired) electrons. The first-order chi connectivity index (χ1) is 8.83. The molecule has 0 unspecified atom stereocenters. The van der Waals surface area contributed by atoms with E-state index in [1.54, 1.807) is 0 Å². The zero-order chi connectivity index (χ0) is 12.4. The second-order valence-corrected chi connectivity index (χ2v) is 4.51. The SMILES string of the molecule is O=C1CNCCN1Cc1cc2ccccc2cn1. The van der Waals surface area contributed by atoms with Gasteiger partial charge in [-0.2, -0.15) is 0 Å². The van der Waals surface area contributed by atoms with Gasteiger partial charge in [-0.05, 0) is 11.5 Å². The van der Waals surface area contributed by atoms with E-state index in [-0.39, 0.29) is 5.91 Å². The van der Waals surface area contributed by atoms with Crippen molar-refractivity contribution < 1.29 is 4.79 Å². The zero-order valence-corrected chi connectivity index (χ0v) is 10.1. The molecule has 2 heterocycles. The van der Waals surface area contributed by atoms with Crippen molar-refractivity contribution in [1.29, 1.82) is 0 Å². The maximum atomic E-state index is 11.7. The van der Waals surface area contributed by atoms with Crippen LogP contribution in [0, 0.1) is 0 Å². The summed E-state index contributed by atoms with van der Waals surface area (Å²) >= 11 is 0. The minimum Gasteiger partial charge on any atom is -0.334 e. The van der Waals surface area contributed by atoms with Crippen molar-refractivity contribution in [3.8, 4) is 0 Å². The Labute approximate surface area is 106 Å². The van der Waals surface area contributed by atoms with E-state index in [1.165, 1.54) is 5.39 Å². The molecule has 1 N–H and O–H groups in total. The van der Waals surface area contributed by atoms with E-state index in [2.05, 4.69) is 22.4 Å². The highest BCUT2D eigenvalue weighted by atomic mass is 16.2. The van der Waals surface area contributed by atoms with Crippen LogP contribution in [0.5, 0.6) is 0 Å². The van der Waals surface area contributed by atoms with E-state index in [0.29, 0.717) is 13.1 Å². The molecule has 0 atom stereocenters. The molecule has 0 spiro atoms. The predicted molar refractivity (Wildman–Crippen MR) is 70.0 cm³/mol. The predicted octanol–water partition coefficient (Wildman–Crippen LogP) is 1.17. The largest absolute Gasteiger partial charge is 0.334 e. The lowest BCUT2D eigenvalue weighted by Gasteiger charge is -2.27. The summed E-state index contributed by atoms with van der Waals surface area (Å²) in [6.07, 6.45) is 1.87. The number of piperazine rings is 1. The average Bonchev–Trinajstić information content (AvgIpc) is 2.41. The molecule has 2 aromatic rings. The monoisotopic (exact) mass is 241 g/mol. The summed E-state index contributed by atoms with van der Waals surface area (Å²) in [6, 6.07) is 10.2. The standard InChI is InChI=1S/C14H15N3O/c18-14-9-15-5-6-17(14)10-13-7-11-3-1-2-4-12(11)8-16-13/h1-4,7-8,15H,5-6,9-10H2. The Balaban J connectivity index is 1.83. The number of hydrogen-bond acceptors (Lipinski definition) is 3. The van der Waals surface area contributed by atoms with Crippen LogP contribution in [0.1, 0.15) is 5.69 Å². The number of hydrogen-bond donors (Lipinski definition) is 1. The van der Waals surface area contributed by atoms with Gasteiger partial charge in [0.15, 0.2) is 0 Å². The van der Waals surface area contributed by atoms with Gasteiger partial charge in [0, 0.05) is 24.7 Å². The molecule has 1 aliphatic heterocycles. The van der Waals surface area contributed by atoms with Crippen LogP contribution in [0.4, 0.5) is 0 Å². The molecule has 1 aliphatic rings. The minimum absolute atomic E-state index is 0.149. The van der Waals surface area contributed by atoms with Gasteiger partial charge in [-0.3, -0.25) is 9.78 Å². The fourth-order valence-corrected chi connectivity index (χ4v) is 2.22. The molecule has 1 fully saturated rings. The van der Waals surface area contributed by atoms with Crippen LogP contribution in [-0.4, -0.2) is 35.4 Å². The molecule has 0 aliphatic carbocycles. The van der Waals surface area contributed by atoms with Crippen LogP contribution in [0.25, 0.3) is 10.8 Å². The summed E-state index contributed by atoms with van der Waals surface area (Å²) in [6.45, 7) is 2.66. The molecule has 0 saturated carbocycles. The van der Waals surface area contributed by atoms with Crippen LogP contribution in [0.15, 0.2) is 36.5 Å². The Bertz CT molecular complexity index is 582. The lowest BCUT2D eigenvalue weighted by atomic mass is 10.1. The Morgan fingerprint density at radius 3 is 2.94 bits per heavy atom. The summed E-state index contributed by atoms with van der Waals surface area (Å²) in [5.74, 6) is 0.149. The molecular weight excluding hydrogens is 226 g/mol. The minimum atomic E-state index is 0.149. The number of nitrogens with zero attached hydrogens (tertiary/aromatic N) is 2. The normalized spacial score (nSPS) is 16.2. The number of pyridine rings is 1. The topological polar surface area (TPSA) is 45.2 Å². The number of aromatic nitrogens is 1. The lowest BCUT2D eigenvalue weighted by molar-refractivity contribution is -0.132. The third kappa shape index (κ3) is 2.19. The van der Waals surface area contributed by atoms with Gasteiger partial charge >= 0.3 is 0 Å². The van der Waals surface area contributed by atoms with E-state index < -0.39 is 0 Å². The molecule has 4 heteroatoms. The molecule has 0 bridgehead atoms. The number of amides is 1. The number of rotatable bonds is 2. The highest BCUT2D eigenvalue weighted by Gasteiger charge is 2.17. The number of nitrogens with one attached hydrogen (secondary N) is 1. The Morgan fingerprint density at radius 2 is 2.11 bits per heavy atom. The van der Waals surface area contributed by atoms with Crippen LogP contribution in [-0.2, 0) is 11.3 Å². The fraction of sp³-hybridized carbons (Fsp3) is 0.286.